The Balaban J connectivity index is 1.34. The van der Waals surface area contributed by atoms with E-state index in [1.165, 1.54) is 164 Å². The molecule has 2 fully saturated rings. The van der Waals surface area contributed by atoms with E-state index in [0.717, 1.165) is 50.5 Å². The van der Waals surface area contributed by atoms with Crippen LogP contribution in [0.2, 0.25) is 0 Å². The summed E-state index contributed by atoms with van der Waals surface area (Å²) in [5, 5.41) is 0. The quantitative estimate of drug-likeness (QED) is 0.0201. The van der Waals surface area contributed by atoms with E-state index in [1.54, 1.807) is 0 Å². The van der Waals surface area contributed by atoms with Crippen molar-refractivity contribution < 1.29 is 23.8 Å². The minimum absolute atomic E-state index is 0.00803. The second-order valence-electron chi connectivity index (χ2n) is 25.5. The van der Waals surface area contributed by atoms with Crippen LogP contribution in [0.25, 0.3) is 0 Å². The molecule has 0 bridgehead atoms. The summed E-state index contributed by atoms with van der Waals surface area (Å²) in [5.74, 6) is 0.197. The fourth-order valence-electron chi connectivity index (χ4n) is 12.2. The minimum Gasteiger partial charge on any atom is -0.462 e. The van der Waals surface area contributed by atoms with Crippen molar-refractivity contribution in [2.24, 2.45) is 16.7 Å². The van der Waals surface area contributed by atoms with Crippen molar-refractivity contribution in [1.29, 1.82) is 0 Å². The second-order valence-corrected chi connectivity index (χ2v) is 25.5. The molecule has 5 atom stereocenters. The molecule has 1 saturated heterocycles. The number of allylic oxidation sites excluding steroid dienone is 18. The lowest BCUT2D eigenvalue weighted by molar-refractivity contribution is -0.153. The summed E-state index contributed by atoms with van der Waals surface area (Å²) < 4.78 is 18.6. The van der Waals surface area contributed by atoms with Crippen molar-refractivity contribution in [1.82, 2.24) is 0 Å². The van der Waals surface area contributed by atoms with Crippen molar-refractivity contribution in [3.63, 3.8) is 0 Å². The molecule has 5 nitrogen and oxygen atoms in total. The van der Waals surface area contributed by atoms with Gasteiger partial charge in [-0.25, -0.2) is 0 Å². The molecule has 434 valence electrons. The monoisotopic (exact) mass is 1060 g/mol. The van der Waals surface area contributed by atoms with Crippen LogP contribution in [-0.4, -0.2) is 35.3 Å². The van der Waals surface area contributed by atoms with E-state index in [-0.39, 0.29) is 46.2 Å². The summed E-state index contributed by atoms with van der Waals surface area (Å²) in [6, 6.07) is 0. The lowest BCUT2D eigenvalue weighted by Gasteiger charge is -2.40. The summed E-state index contributed by atoms with van der Waals surface area (Å²) in [6.07, 6.45) is 69.5. The van der Waals surface area contributed by atoms with E-state index >= 15 is 0 Å². The number of carbonyl (C=O) groups is 2. The molecule has 5 heteroatoms. The largest absolute Gasteiger partial charge is 0.462 e. The molecule has 0 aromatic rings. The zero-order chi connectivity index (χ0) is 56.4. The molecule has 0 spiro atoms. The van der Waals surface area contributed by atoms with Gasteiger partial charge in [-0.2, -0.15) is 0 Å². The van der Waals surface area contributed by atoms with Gasteiger partial charge >= 0.3 is 11.9 Å². The average molecular weight is 1060 g/mol. The van der Waals surface area contributed by atoms with Crippen LogP contribution in [0.15, 0.2) is 119 Å². The van der Waals surface area contributed by atoms with Crippen molar-refractivity contribution in [3.8, 4) is 0 Å². The Morgan fingerprint density at radius 3 is 1.32 bits per heavy atom. The van der Waals surface area contributed by atoms with Gasteiger partial charge in [0.1, 0.15) is 23.4 Å². The van der Waals surface area contributed by atoms with Crippen LogP contribution >= 0.6 is 0 Å². The molecule has 77 heavy (non-hydrogen) atoms. The van der Waals surface area contributed by atoms with Gasteiger partial charge in [-0.1, -0.05) is 302 Å². The summed E-state index contributed by atoms with van der Waals surface area (Å²) in [7, 11) is 0. The number of carbonyl (C=O) groups excluding carboxylic acids is 2. The van der Waals surface area contributed by atoms with Gasteiger partial charge in [0.15, 0.2) is 0 Å². The first-order valence-electron chi connectivity index (χ1n) is 31.7. The molecule has 0 aromatic carbocycles. The topological polar surface area (TPSA) is 65.1 Å². The number of hydrogen-bond donors (Lipinski definition) is 0. The van der Waals surface area contributed by atoms with Crippen LogP contribution in [0.1, 0.15) is 282 Å². The number of hydrogen-bond acceptors (Lipinski definition) is 5. The predicted octanol–water partition coefficient (Wildman–Crippen LogP) is 21.7. The Hall–Kier alpha value is -3.70. The van der Waals surface area contributed by atoms with Gasteiger partial charge in [0.25, 0.3) is 0 Å². The molecular formula is C72H116O5. The Bertz CT molecular complexity index is 2030. The third-order valence-corrected chi connectivity index (χ3v) is 16.9. The van der Waals surface area contributed by atoms with E-state index in [1.807, 2.05) is 0 Å². The predicted molar refractivity (Wildman–Crippen MR) is 332 cm³/mol. The fraction of sp³-hybridized carbons (Fsp3) is 0.694. The average Bonchev–Trinajstić information content (AvgIpc) is 4.00. The SMILES string of the molecule is CCCCCCCCCCCCCCCC(=O)OC1C=C(C)C(C=CC(C)=CC=CC(C)=CC=CC=C(C)C=CC=C(C)C=CC23OC2(C)CC(OC(=O)CCCCCCCCCCCCCCC)CC3(C)C)C(C)(C)C1. The Morgan fingerprint density at radius 2 is 0.896 bits per heavy atom. The van der Waals surface area contributed by atoms with Crippen LogP contribution < -0.4 is 0 Å². The van der Waals surface area contributed by atoms with Gasteiger partial charge in [-0.15, -0.1) is 0 Å². The molecule has 1 aliphatic heterocycles. The van der Waals surface area contributed by atoms with Gasteiger partial charge < -0.3 is 14.2 Å². The van der Waals surface area contributed by atoms with Crippen LogP contribution in [0.4, 0.5) is 0 Å². The molecule has 1 saturated carbocycles. The van der Waals surface area contributed by atoms with Crippen molar-refractivity contribution >= 4 is 11.9 Å². The molecule has 0 aromatic heterocycles. The van der Waals surface area contributed by atoms with E-state index in [9.17, 15) is 9.59 Å². The standard InChI is InChI=1S/C72H116O5/c1-13-15-17-19-21-23-25-27-29-31-33-35-37-49-67(73)75-64-55-63(7)66(69(8,9)56-64)52-51-61(5)47-41-45-59(3)43-39-40-44-60(4)46-42-48-62(6)53-54-72-70(10,11)57-65(58-71(72,12)77-72)76-68(74)50-38-36-34-32-30-28-26-24-22-20-18-16-14-2/h39-48,51-55,64-66H,13-38,49-50,56-58H2,1-12H3. The summed E-state index contributed by atoms with van der Waals surface area (Å²) in [6.45, 7) is 26.6. The Labute approximate surface area is 474 Å². The Kier molecular flexibility index (Phi) is 32.7. The van der Waals surface area contributed by atoms with Gasteiger partial charge in [0.05, 0.1) is 0 Å². The highest BCUT2D eigenvalue weighted by molar-refractivity contribution is 5.70. The van der Waals surface area contributed by atoms with Gasteiger partial charge in [0.2, 0.25) is 0 Å². The maximum absolute atomic E-state index is 12.9. The lowest BCUT2D eigenvalue weighted by atomic mass is 9.63. The van der Waals surface area contributed by atoms with E-state index in [0.29, 0.717) is 18.8 Å². The molecule has 0 radical (unpaired) electrons. The van der Waals surface area contributed by atoms with E-state index in [2.05, 4.69) is 174 Å². The third-order valence-electron chi connectivity index (χ3n) is 16.9. The maximum atomic E-state index is 12.9. The molecule has 0 amide bonds. The van der Waals surface area contributed by atoms with Gasteiger partial charge in [-0.05, 0) is 84.8 Å². The minimum atomic E-state index is -0.357. The van der Waals surface area contributed by atoms with Crippen molar-refractivity contribution in [2.75, 3.05) is 0 Å². The first-order chi connectivity index (χ1) is 36.9. The fourth-order valence-corrected chi connectivity index (χ4v) is 12.2. The molecule has 3 rings (SSSR count). The maximum Gasteiger partial charge on any atom is 0.306 e. The highest BCUT2D eigenvalue weighted by atomic mass is 16.6. The van der Waals surface area contributed by atoms with E-state index in [4.69, 9.17) is 14.2 Å². The number of unbranched alkanes of at least 4 members (excludes halogenated alkanes) is 24. The number of esters is 2. The first kappa shape index (κ1) is 67.6. The number of rotatable bonds is 40. The van der Waals surface area contributed by atoms with Crippen LogP contribution in [0, 0.1) is 16.7 Å². The highest BCUT2D eigenvalue weighted by Crippen LogP contribution is 2.66. The van der Waals surface area contributed by atoms with Crippen LogP contribution in [0.3, 0.4) is 0 Å². The van der Waals surface area contributed by atoms with Gasteiger partial charge in [0, 0.05) is 30.6 Å². The summed E-state index contributed by atoms with van der Waals surface area (Å²) in [5.41, 5.74) is 5.13. The van der Waals surface area contributed by atoms with Crippen LogP contribution in [-0.2, 0) is 23.8 Å². The molecule has 1 heterocycles. The Morgan fingerprint density at radius 1 is 0.506 bits per heavy atom. The van der Waals surface area contributed by atoms with E-state index < -0.39 is 0 Å². The molecule has 3 aliphatic rings. The summed E-state index contributed by atoms with van der Waals surface area (Å²) >= 11 is 0. The number of ether oxygens (including phenoxy) is 3. The highest BCUT2D eigenvalue weighted by Gasteiger charge is 2.75. The zero-order valence-corrected chi connectivity index (χ0v) is 51.9. The number of fused-ring (bicyclic) bond motifs is 1. The van der Waals surface area contributed by atoms with Crippen molar-refractivity contribution in [2.45, 2.75) is 306 Å². The lowest BCUT2D eigenvalue weighted by Crippen LogP contribution is -2.47. The molecule has 2 aliphatic carbocycles. The number of epoxide rings is 1. The third kappa shape index (κ3) is 26.9. The zero-order valence-electron chi connectivity index (χ0n) is 51.9. The molecule has 5 unspecified atom stereocenters. The van der Waals surface area contributed by atoms with Crippen molar-refractivity contribution in [3.05, 3.63) is 119 Å². The molecular weight excluding hydrogens is 945 g/mol. The normalized spacial score (nSPS) is 23.9. The van der Waals surface area contributed by atoms with Crippen LogP contribution in [0.5, 0.6) is 0 Å². The second kappa shape index (κ2) is 37.3. The van der Waals surface area contributed by atoms with Gasteiger partial charge in [-0.3, -0.25) is 9.59 Å². The smallest absolute Gasteiger partial charge is 0.306 e. The summed E-state index contributed by atoms with van der Waals surface area (Å²) in [4.78, 5) is 25.7. The molecule has 0 N–H and O–H groups in total. The first-order valence-corrected chi connectivity index (χ1v) is 31.7.